The fourth-order valence-corrected chi connectivity index (χ4v) is 3.12. The molecule has 118 valence electrons. The Morgan fingerprint density at radius 3 is 2.24 bits per heavy atom. The molecular weight excluding hydrogens is 262 g/mol. The predicted molar refractivity (Wildman–Crippen MR) is 86.6 cm³/mol. The van der Waals surface area contributed by atoms with Crippen molar-refractivity contribution >= 4 is 0 Å². The van der Waals surface area contributed by atoms with Gasteiger partial charge < -0.3 is 15.2 Å². The molecule has 1 aliphatic carbocycles. The summed E-state index contributed by atoms with van der Waals surface area (Å²) in [6.45, 7) is 13.2. The summed E-state index contributed by atoms with van der Waals surface area (Å²) in [7, 11) is 0. The van der Waals surface area contributed by atoms with Gasteiger partial charge in [0.1, 0.15) is 18.5 Å². The van der Waals surface area contributed by atoms with Crippen molar-refractivity contribution in [1.82, 2.24) is 5.32 Å². The highest BCUT2D eigenvalue weighted by Gasteiger charge is 2.63. The van der Waals surface area contributed by atoms with Gasteiger partial charge in [-0.3, -0.25) is 0 Å². The Labute approximate surface area is 128 Å². The van der Waals surface area contributed by atoms with Crippen molar-refractivity contribution in [1.29, 1.82) is 0 Å². The summed E-state index contributed by atoms with van der Waals surface area (Å²) < 4.78 is 5.59. The number of benzene rings is 1. The maximum atomic E-state index is 9.97. The molecule has 0 spiro atoms. The predicted octanol–water partition coefficient (Wildman–Crippen LogP) is 3.01. The highest BCUT2D eigenvalue weighted by molar-refractivity contribution is 5.26. The minimum atomic E-state index is -0.476. The fourth-order valence-electron chi connectivity index (χ4n) is 3.12. The molecule has 1 aliphatic rings. The largest absolute Gasteiger partial charge is 0.491 e. The van der Waals surface area contributed by atoms with Crippen LogP contribution < -0.4 is 10.1 Å². The second kappa shape index (κ2) is 5.98. The molecule has 0 aliphatic heterocycles. The lowest BCUT2D eigenvalue weighted by atomic mass is 10.0. The summed E-state index contributed by atoms with van der Waals surface area (Å²) >= 11 is 0. The van der Waals surface area contributed by atoms with E-state index in [1.54, 1.807) is 0 Å². The van der Waals surface area contributed by atoms with Crippen molar-refractivity contribution in [3.8, 4) is 5.75 Å². The van der Waals surface area contributed by atoms with Gasteiger partial charge in [0.2, 0.25) is 0 Å². The topological polar surface area (TPSA) is 41.5 Å². The van der Waals surface area contributed by atoms with Crippen LogP contribution in [0.25, 0.3) is 0 Å². The monoisotopic (exact) mass is 291 g/mol. The van der Waals surface area contributed by atoms with Gasteiger partial charge in [0.05, 0.1) is 0 Å². The van der Waals surface area contributed by atoms with E-state index in [9.17, 15) is 5.11 Å². The lowest BCUT2D eigenvalue weighted by Crippen LogP contribution is -2.33. The van der Waals surface area contributed by atoms with Gasteiger partial charge in [-0.05, 0) is 42.3 Å². The molecular formula is C18H29NO2. The Hall–Kier alpha value is -1.06. The molecule has 1 unspecified atom stereocenters. The molecule has 1 aromatic rings. The van der Waals surface area contributed by atoms with Gasteiger partial charge in [-0.1, -0.05) is 45.4 Å². The van der Waals surface area contributed by atoms with Gasteiger partial charge in [-0.15, -0.1) is 0 Å². The quantitative estimate of drug-likeness (QED) is 0.811. The third-order valence-electron chi connectivity index (χ3n) is 5.51. The summed E-state index contributed by atoms with van der Waals surface area (Å²) in [5, 5.41) is 13.3. The molecule has 0 aromatic heterocycles. The molecule has 3 heteroatoms. The molecule has 1 atom stereocenters. The van der Waals surface area contributed by atoms with Crippen molar-refractivity contribution in [3.63, 3.8) is 0 Å². The zero-order chi connectivity index (χ0) is 15.7. The van der Waals surface area contributed by atoms with Crippen molar-refractivity contribution in [2.24, 2.45) is 16.7 Å². The van der Waals surface area contributed by atoms with E-state index in [4.69, 9.17) is 4.74 Å². The van der Waals surface area contributed by atoms with E-state index >= 15 is 0 Å². The van der Waals surface area contributed by atoms with Crippen LogP contribution in [0.2, 0.25) is 0 Å². The van der Waals surface area contributed by atoms with Gasteiger partial charge in [-0.25, -0.2) is 0 Å². The second-order valence-electron chi connectivity index (χ2n) is 7.43. The number of ether oxygens (including phenoxy) is 1. The van der Waals surface area contributed by atoms with Crippen LogP contribution >= 0.6 is 0 Å². The summed E-state index contributed by atoms with van der Waals surface area (Å²) in [5.41, 5.74) is 1.99. The summed E-state index contributed by atoms with van der Waals surface area (Å²) in [6.07, 6.45) is -0.476. The third-order valence-corrected chi connectivity index (χ3v) is 5.51. The Bertz CT molecular complexity index is 451. The van der Waals surface area contributed by atoms with Crippen molar-refractivity contribution in [3.05, 3.63) is 29.8 Å². The second-order valence-corrected chi connectivity index (χ2v) is 7.43. The van der Waals surface area contributed by atoms with E-state index in [-0.39, 0.29) is 0 Å². The molecule has 21 heavy (non-hydrogen) atoms. The molecule has 0 bridgehead atoms. The lowest BCUT2D eigenvalue weighted by Gasteiger charge is -2.14. The number of nitrogens with one attached hydrogen (secondary N) is 1. The smallest absolute Gasteiger partial charge is 0.119 e. The molecule has 0 heterocycles. The van der Waals surface area contributed by atoms with Gasteiger partial charge in [0, 0.05) is 6.54 Å². The lowest BCUT2D eigenvalue weighted by molar-refractivity contribution is 0.106. The van der Waals surface area contributed by atoms with Gasteiger partial charge >= 0.3 is 0 Å². The maximum absolute atomic E-state index is 9.97. The summed E-state index contributed by atoms with van der Waals surface area (Å²) in [4.78, 5) is 0. The molecule has 0 radical (unpaired) electrons. The maximum Gasteiger partial charge on any atom is 0.119 e. The van der Waals surface area contributed by atoms with Crippen LogP contribution in [-0.4, -0.2) is 30.9 Å². The van der Waals surface area contributed by atoms with Crippen LogP contribution in [0.5, 0.6) is 5.75 Å². The first-order chi connectivity index (χ1) is 9.75. The number of aryl methyl sites for hydroxylation is 1. The van der Waals surface area contributed by atoms with E-state index in [1.807, 2.05) is 31.2 Å². The summed E-state index contributed by atoms with van der Waals surface area (Å²) in [5.74, 6) is 1.49. The van der Waals surface area contributed by atoms with Crippen molar-refractivity contribution in [2.75, 3.05) is 19.7 Å². The first-order valence-electron chi connectivity index (χ1n) is 7.83. The molecule has 1 fully saturated rings. The fraction of sp³-hybridized carbons (Fsp3) is 0.667. The Balaban J connectivity index is 1.64. The van der Waals surface area contributed by atoms with Crippen molar-refractivity contribution < 1.29 is 9.84 Å². The first kappa shape index (κ1) is 16.3. The average molecular weight is 291 g/mol. The molecule has 2 N–H and O–H groups in total. The van der Waals surface area contributed by atoms with Crippen LogP contribution in [0.3, 0.4) is 0 Å². The standard InChI is InChI=1S/C18H29NO2/c1-13-6-8-15(9-7-13)21-12-14(20)10-19-11-16-17(2,3)18(16,4)5/h6-9,14,16,19-20H,10-12H2,1-5H3. The number of hydrogen-bond donors (Lipinski definition) is 2. The number of aliphatic hydroxyl groups excluding tert-OH is 1. The average Bonchev–Trinajstić information content (AvgIpc) is 2.80. The zero-order valence-electron chi connectivity index (χ0n) is 13.9. The van der Waals surface area contributed by atoms with Crippen LogP contribution in [-0.2, 0) is 0 Å². The Morgan fingerprint density at radius 2 is 1.71 bits per heavy atom. The van der Waals surface area contributed by atoms with E-state index in [0.717, 1.165) is 12.3 Å². The Morgan fingerprint density at radius 1 is 1.14 bits per heavy atom. The van der Waals surface area contributed by atoms with Gasteiger partial charge in [0.25, 0.3) is 0 Å². The summed E-state index contributed by atoms with van der Waals surface area (Å²) in [6, 6.07) is 7.89. The zero-order valence-corrected chi connectivity index (χ0v) is 13.9. The molecule has 1 aromatic carbocycles. The molecule has 0 saturated heterocycles. The van der Waals surface area contributed by atoms with Crippen LogP contribution in [0.4, 0.5) is 0 Å². The van der Waals surface area contributed by atoms with Crippen LogP contribution in [0, 0.1) is 23.7 Å². The van der Waals surface area contributed by atoms with E-state index in [1.165, 1.54) is 5.56 Å². The Kier molecular flexibility index (Phi) is 4.64. The van der Waals surface area contributed by atoms with E-state index in [2.05, 4.69) is 33.0 Å². The normalized spacial score (nSPS) is 21.0. The first-order valence-corrected chi connectivity index (χ1v) is 7.83. The van der Waals surface area contributed by atoms with Crippen LogP contribution in [0.1, 0.15) is 33.3 Å². The molecule has 1 saturated carbocycles. The van der Waals surface area contributed by atoms with Gasteiger partial charge in [0.15, 0.2) is 0 Å². The highest BCUT2D eigenvalue weighted by Crippen LogP contribution is 2.67. The molecule has 0 amide bonds. The van der Waals surface area contributed by atoms with Gasteiger partial charge in [-0.2, -0.15) is 0 Å². The number of aliphatic hydroxyl groups is 1. The SMILES string of the molecule is Cc1ccc(OCC(O)CNCC2C(C)(C)C2(C)C)cc1. The van der Waals surface area contributed by atoms with Crippen LogP contribution in [0.15, 0.2) is 24.3 Å². The number of hydrogen-bond acceptors (Lipinski definition) is 3. The van der Waals surface area contributed by atoms with Crippen molar-refractivity contribution in [2.45, 2.75) is 40.7 Å². The molecule has 3 nitrogen and oxygen atoms in total. The minimum Gasteiger partial charge on any atom is -0.491 e. The highest BCUT2D eigenvalue weighted by atomic mass is 16.5. The minimum absolute atomic E-state index is 0.327. The third kappa shape index (κ3) is 3.58. The number of rotatable bonds is 7. The van der Waals surface area contributed by atoms with E-state index < -0.39 is 6.10 Å². The molecule has 2 rings (SSSR count). The van der Waals surface area contributed by atoms with E-state index in [0.29, 0.717) is 29.9 Å².